The van der Waals surface area contributed by atoms with Crippen LogP contribution >= 0.6 is 23.2 Å². The largest absolute Gasteiger partial charge is 0.350 e. The third-order valence-electron chi connectivity index (χ3n) is 6.51. The molecule has 0 radical (unpaired) electrons. The van der Waals surface area contributed by atoms with E-state index in [0.717, 1.165) is 15.4 Å². The second-order valence-electron chi connectivity index (χ2n) is 11.0. The molecule has 0 unspecified atom stereocenters. The van der Waals surface area contributed by atoms with Gasteiger partial charge in [-0.1, -0.05) is 72.1 Å². The third kappa shape index (κ3) is 8.24. The molecule has 1 atom stereocenters. The zero-order valence-corrected chi connectivity index (χ0v) is 26.6. The van der Waals surface area contributed by atoms with Crippen molar-refractivity contribution in [2.75, 3.05) is 10.8 Å². The molecular formula is C31H37Cl2N3O4S. The Labute approximate surface area is 253 Å². The molecule has 0 saturated carbocycles. The first-order valence-corrected chi connectivity index (χ1v) is 15.5. The molecule has 0 spiro atoms. The van der Waals surface area contributed by atoms with Crippen LogP contribution in [0.25, 0.3) is 0 Å². The molecule has 0 aliphatic heterocycles. The van der Waals surface area contributed by atoms with Crippen molar-refractivity contribution in [3.63, 3.8) is 0 Å². The van der Waals surface area contributed by atoms with Crippen LogP contribution in [0.3, 0.4) is 0 Å². The van der Waals surface area contributed by atoms with Gasteiger partial charge in [-0.25, -0.2) is 8.42 Å². The van der Waals surface area contributed by atoms with Gasteiger partial charge in [-0.05, 0) is 82.5 Å². The fourth-order valence-corrected chi connectivity index (χ4v) is 6.06. The molecule has 220 valence electrons. The molecule has 2 amide bonds. The summed E-state index contributed by atoms with van der Waals surface area (Å²) in [5.41, 5.74) is 1.99. The van der Waals surface area contributed by atoms with Gasteiger partial charge in [0.05, 0.1) is 10.6 Å². The predicted octanol–water partition coefficient (Wildman–Crippen LogP) is 6.53. The van der Waals surface area contributed by atoms with Crippen LogP contribution in [-0.2, 0) is 26.2 Å². The third-order valence-corrected chi connectivity index (χ3v) is 9.08. The molecule has 0 aromatic heterocycles. The molecule has 3 aromatic carbocycles. The van der Waals surface area contributed by atoms with Crippen molar-refractivity contribution < 1.29 is 18.0 Å². The topological polar surface area (TPSA) is 86.8 Å². The van der Waals surface area contributed by atoms with Crippen molar-refractivity contribution in [3.05, 3.63) is 93.5 Å². The standard InChI is InChI=1S/C31H37Cl2N3O4S/c1-7-28(30(38)34-31(4,5)6)35(19-23-10-8-9-11-26(23)32)29(37)20-36(24-15-14-22(3)27(33)18-24)41(39,40)25-16-12-21(2)13-17-25/h8-18,28H,7,19-20H2,1-6H3,(H,34,38)/t28-/m1/s1. The lowest BCUT2D eigenvalue weighted by Gasteiger charge is -2.35. The summed E-state index contributed by atoms with van der Waals surface area (Å²) in [5.74, 6) is -0.903. The van der Waals surface area contributed by atoms with Crippen molar-refractivity contribution in [2.45, 2.75) is 71.0 Å². The molecule has 0 heterocycles. The number of rotatable bonds is 10. The Bertz CT molecular complexity index is 1500. The van der Waals surface area contributed by atoms with E-state index in [1.165, 1.54) is 23.1 Å². The van der Waals surface area contributed by atoms with Gasteiger partial charge in [-0.15, -0.1) is 0 Å². The van der Waals surface area contributed by atoms with Gasteiger partial charge in [0.25, 0.3) is 10.0 Å². The molecule has 0 aliphatic rings. The molecule has 41 heavy (non-hydrogen) atoms. The van der Waals surface area contributed by atoms with Crippen LogP contribution in [0, 0.1) is 13.8 Å². The summed E-state index contributed by atoms with van der Waals surface area (Å²) in [4.78, 5) is 29.0. The van der Waals surface area contributed by atoms with Crippen LogP contribution in [0.5, 0.6) is 0 Å². The Kier molecular flexibility index (Phi) is 10.5. The molecule has 3 aromatic rings. The molecule has 0 aliphatic carbocycles. The van der Waals surface area contributed by atoms with Crippen molar-refractivity contribution in [1.82, 2.24) is 10.2 Å². The first-order valence-electron chi connectivity index (χ1n) is 13.3. The molecular weight excluding hydrogens is 581 g/mol. The smallest absolute Gasteiger partial charge is 0.264 e. The van der Waals surface area contributed by atoms with Gasteiger partial charge < -0.3 is 10.2 Å². The van der Waals surface area contributed by atoms with E-state index in [0.29, 0.717) is 22.0 Å². The predicted molar refractivity (Wildman–Crippen MR) is 166 cm³/mol. The maximum absolute atomic E-state index is 14.2. The Balaban J connectivity index is 2.11. The lowest BCUT2D eigenvalue weighted by Crippen LogP contribution is -2.55. The number of carbonyl (C=O) groups excluding carboxylic acids is 2. The van der Waals surface area contributed by atoms with E-state index < -0.39 is 34.1 Å². The van der Waals surface area contributed by atoms with Gasteiger partial charge in [0.1, 0.15) is 12.6 Å². The Hall–Kier alpha value is -3.07. The summed E-state index contributed by atoms with van der Waals surface area (Å²) in [5, 5.41) is 3.75. The molecule has 7 nitrogen and oxygen atoms in total. The van der Waals surface area contributed by atoms with Gasteiger partial charge in [0.2, 0.25) is 11.8 Å². The van der Waals surface area contributed by atoms with E-state index in [4.69, 9.17) is 23.2 Å². The first-order chi connectivity index (χ1) is 19.1. The van der Waals surface area contributed by atoms with Gasteiger partial charge in [-0.3, -0.25) is 13.9 Å². The number of carbonyl (C=O) groups is 2. The highest BCUT2D eigenvalue weighted by molar-refractivity contribution is 7.92. The van der Waals surface area contributed by atoms with Crippen molar-refractivity contribution in [3.8, 4) is 0 Å². The maximum Gasteiger partial charge on any atom is 0.264 e. The average Bonchev–Trinajstić information content (AvgIpc) is 2.89. The fraction of sp³-hybridized carbons (Fsp3) is 0.355. The number of benzene rings is 3. The number of nitrogens with zero attached hydrogens (tertiary/aromatic N) is 2. The van der Waals surface area contributed by atoms with Crippen LogP contribution < -0.4 is 9.62 Å². The van der Waals surface area contributed by atoms with E-state index in [1.54, 1.807) is 62.4 Å². The Morgan fingerprint density at radius 2 is 1.56 bits per heavy atom. The maximum atomic E-state index is 14.2. The number of halogens is 2. The van der Waals surface area contributed by atoms with Crippen LogP contribution in [0.1, 0.15) is 50.8 Å². The van der Waals surface area contributed by atoms with Crippen LogP contribution in [0.4, 0.5) is 5.69 Å². The van der Waals surface area contributed by atoms with Gasteiger partial charge >= 0.3 is 0 Å². The number of aryl methyl sites for hydroxylation is 2. The summed E-state index contributed by atoms with van der Waals surface area (Å²) < 4.78 is 29.0. The quantitative estimate of drug-likeness (QED) is 0.280. The number of anilines is 1. The van der Waals surface area contributed by atoms with E-state index in [9.17, 15) is 18.0 Å². The van der Waals surface area contributed by atoms with Crippen molar-refractivity contribution >= 4 is 50.7 Å². The Morgan fingerprint density at radius 1 is 0.927 bits per heavy atom. The summed E-state index contributed by atoms with van der Waals surface area (Å²) in [6, 6.07) is 17.4. The molecule has 10 heteroatoms. The minimum absolute atomic E-state index is 0.0155. The van der Waals surface area contributed by atoms with Gasteiger partial charge in [0.15, 0.2) is 0 Å². The first kappa shape index (κ1) is 32.4. The van der Waals surface area contributed by atoms with E-state index >= 15 is 0 Å². The molecule has 1 N–H and O–H groups in total. The van der Waals surface area contributed by atoms with E-state index in [2.05, 4.69) is 5.32 Å². The summed E-state index contributed by atoms with van der Waals surface area (Å²) in [6.07, 6.45) is 0.305. The molecule has 0 fully saturated rings. The average molecular weight is 619 g/mol. The molecule has 3 rings (SSSR count). The molecule has 0 saturated heterocycles. The van der Waals surface area contributed by atoms with Crippen molar-refractivity contribution in [1.29, 1.82) is 0 Å². The zero-order chi connectivity index (χ0) is 30.5. The summed E-state index contributed by atoms with van der Waals surface area (Å²) in [7, 11) is -4.19. The van der Waals surface area contributed by atoms with E-state index in [1.807, 2.05) is 27.7 Å². The Morgan fingerprint density at radius 3 is 2.12 bits per heavy atom. The highest BCUT2D eigenvalue weighted by Gasteiger charge is 2.35. The second kappa shape index (κ2) is 13.3. The zero-order valence-electron chi connectivity index (χ0n) is 24.2. The highest BCUT2D eigenvalue weighted by atomic mass is 35.5. The van der Waals surface area contributed by atoms with Crippen LogP contribution in [0.2, 0.25) is 10.0 Å². The minimum atomic E-state index is -4.19. The summed E-state index contributed by atoms with van der Waals surface area (Å²) in [6.45, 7) is 10.5. The number of amides is 2. The van der Waals surface area contributed by atoms with Gasteiger partial charge in [-0.2, -0.15) is 0 Å². The fourth-order valence-electron chi connectivity index (χ4n) is 4.29. The monoisotopic (exact) mass is 617 g/mol. The van der Waals surface area contributed by atoms with Crippen LogP contribution in [0.15, 0.2) is 71.6 Å². The minimum Gasteiger partial charge on any atom is -0.350 e. The van der Waals surface area contributed by atoms with E-state index in [-0.39, 0.29) is 23.0 Å². The number of nitrogens with one attached hydrogen (secondary N) is 1. The second-order valence-corrected chi connectivity index (χ2v) is 13.7. The SMILES string of the molecule is CC[C@H](C(=O)NC(C)(C)C)N(Cc1ccccc1Cl)C(=O)CN(c1ccc(C)c(Cl)c1)S(=O)(=O)c1ccc(C)cc1. The molecule has 0 bridgehead atoms. The lowest BCUT2D eigenvalue weighted by molar-refractivity contribution is -0.141. The van der Waals surface area contributed by atoms with Crippen molar-refractivity contribution in [2.24, 2.45) is 0 Å². The van der Waals surface area contributed by atoms with Crippen LogP contribution in [-0.4, -0.2) is 43.3 Å². The number of sulfonamides is 1. The highest BCUT2D eigenvalue weighted by Crippen LogP contribution is 2.29. The lowest BCUT2D eigenvalue weighted by atomic mass is 10.1. The number of hydrogen-bond donors (Lipinski definition) is 1. The normalized spacial score (nSPS) is 12.5. The number of hydrogen-bond acceptors (Lipinski definition) is 4. The van der Waals surface area contributed by atoms with Gasteiger partial charge in [0, 0.05) is 22.1 Å². The summed E-state index contributed by atoms with van der Waals surface area (Å²) >= 11 is 12.8.